The van der Waals surface area contributed by atoms with Gasteiger partial charge in [0, 0.05) is 31.3 Å². The molecule has 0 bridgehead atoms. The first-order valence-corrected chi connectivity index (χ1v) is 10.6. The first kappa shape index (κ1) is 21.4. The molecule has 0 radical (unpaired) electrons. The van der Waals surface area contributed by atoms with Crippen LogP contribution in [0.15, 0.2) is 60.8 Å². The molecule has 166 valence electrons. The van der Waals surface area contributed by atoms with Crippen molar-refractivity contribution in [1.29, 1.82) is 0 Å². The molecule has 1 atom stereocenters. The minimum atomic E-state index is -0.840. The fourth-order valence-electron chi connectivity index (χ4n) is 3.98. The van der Waals surface area contributed by atoms with Gasteiger partial charge in [0.25, 0.3) is 5.91 Å². The number of carbonyl (C=O) groups is 3. The van der Waals surface area contributed by atoms with E-state index >= 15 is 0 Å². The van der Waals surface area contributed by atoms with Crippen LogP contribution in [0.5, 0.6) is 5.75 Å². The lowest BCUT2D eigenvalue weighted by Gasteiger charge is -2.14. The third-order valence-electron chi connectivity index (χ3n) is 5.65. The van der Waals surface area contributed by atoms with Gasteiger partial charge in [0.05, 0.1) is 13.5 Å². The van der Waals surface area contributed by atoms with Crippen molar-refractivity contribution >= 4 is 28.7 Å². The smallest absolute Gasteiger partial charge is 0.324 e. The highest BCUT2D eigenvalue weighted by molar-refractivity contribution is 6.05. The molecule has 1 aromatic heterocycles. The maximum Gasteiger partial charge on any atom is 0.324 e. The van der Waals surface area contributed by atoms with Crippen LogP contribution in [0.4, 0.5) is 4.79 Å². The first-order valence-electron chi connectivity index (χ1n) is 10.6. The Morgan fingerprint density at radius 2 is 1.84 bits per heavy atom. The average molecular weight is 434 g/mol. The van der Waals surface area contributed by atoms with E-state index < -0.39 is 12.1 Å². The maximum atomic E-state index is 12.7. The highest BCUT2D eigenvalue weighted by Crippen LogP contribution is 2.19. The summed E-state index contributed by atoms with van der Waals surface area (Å²) in [6.45, 7) is 1.28. The molecule has 0 saturated carbocycles. The van der Waals surface area contributed by atoms with Crippen LogP contribution < -0.4 is 15.4 Å². The molecule has 32 heavy (non-hydrogen) atoms. The second-order valence-corrected chi connectivity index (χ2v) is 7.68. The lowest BCUT2D eigenvalue weighted by Crippen LogP contribution is -2.37. The standard InChI is InChI=1S/C24H26N4O4/c1-32-21-9-5-3-7-18(21)11-14-28-23(30)19(26-24(28)31)16-22(29)25-12-15-27-13-10-17-6-2-4-8-20(17)27/h2-10,13,19H,11-12,14-16H2,1H3,(H,25,29)(H,26,31)/t19-/m1/s1. The highest BCUT2D eigenvalue weighted by atomic mass is 16.5. The van der Waals surface area contributed by atoms with E-state index in [1.807, 2.05) is 60.8 Å². The number of aromatic nitrogens is 1. The summed E-state index contributed by atoms with van der Waals surface area (Å²) in [6.07, 6.45) is 2.38. The molecule has 1 saturated heterocycles. The number of fused-ring (bicyclic) bond motifs is 1. The number of benzene rings is 2. The number of amides is 4. The van der Waals surface area contributed by atoms with Gasteiger partial charge in [-0.3, -0.25) is 14.5 Å². The molecule has 3 aromatic rings. The number of carbonyl (C=O) groups excluding carboxylic acids is 3. The summed E-state index contributed by atoms with van der Waals surface area (Å²) in [5.74, 6) is 0.0640. The number of para-hydroxylation sites is 2. The normalized spacial score (nSPS) is 15.8. The van der Waals surface area contributed by atoms with Crippen LogP contribution in [-0.4, -0.2) is 53.6 Å². The van der Waals surface area contributed by atoms with Gasteiger partial charge in [0.2, 0.25) is 5.91 Å². The SMILES string of the molecule is COc1ccccc1CCN1C(=O)N[C@H](CC(=O)NCCn2ccc3ccccc32)C1=O. The zero-order chi connectivity index (χ0) is 22.5. The van der Waals surface area contributed by atoms with E-state index in [0.29, 0.717) is 25.3 Å². The molecule has 4 amide bonds. The molecule has 2 aromatic carbocycles. The summed E-state index contributed by atoms with van der Waals surface area (Å²) >= 11 is 0. The quantitative estimate of drug-likeness (QED) is 0.506. The summed E-state index contributed by atoms with van der Waals surface area (Å²) in [4.78, 5) is 38.5. The van der Waals surface area contributed by atoms with Crippen molar-refractivity contribution in [3.05, 3.63) is 66.4 Å². The summed E-state index contributed by atoms with van der Waals surface area (Å²) in [5, 5.41) is 6.60. The van der Waals surface area contributed by atoms with E-state index in [-0.39, 0.29) is 24.8 Å². The molecule has 0 aliphatic carbocycles. The van der Waals surface area contributed by atoms with E-state index in [1.54, 1.807) is 7.11 Å². The van der Waals surface area contributed by atoms with Gasteiger partial charge in [-0.2, -0.15) is 0 Å². The van der Waals surface area contributed by atoms with Gasteiger partial charge in [0.1, 0.15) is 11.8 Å². The Morgan fingerprint density at radius 1 is 1.06 bits per heavy atom. The largest absolute Gasteiger partial charge is 0.496 e. The first-order chi connectivity index (χ1) is 15.6. The second kappa shape index (κ2) is 9.55. The van der Waals surface area contributed by atoms with Crippen molar-refractivity contribution < 1.29 is 19.1 Å². The fourth-order valence-corrected chi connectivity index (χ4v) is 3.98. The van der Waals surface area contributed by atoms with Crippen LogP contribution in [0.2, 0.25) is 0 Å². The number of nitrogens with one attached hydrogen (secondary N) is 2. The molecule has 8 heteroatoms. The molecular formula is C24H26N4O4. The molecule has 1 fully saturated rings. The van der Waals surface area contributed by atoms with Gasteiger partial charge in [-0.1, -0.05) is 36.4 Å². The molecule has 1 aliphatic rings. The predicted molar refractivity (Wildman–Crippen MR) is 120 cm³/mol. The number of nitrogens with zero attached hydrogens (tertiary/aromatic N) is 2. The predicted octanol–water partition coefficient (Wildman–Crippen LogP) is 2.32. The van der Waals surface area contributed by atoms with Crippen LogP contribution in [0.1, 0.15) is 12.0 Å². The summed E-state index contributed by atoms with van der Waals surface area (Å²) in [5.41, 5.74) is 2.01. The Labute approximate surface area is 186 Å². The number of urea groups is 1. The monoisotopic (exact) mass is 434 g/mol. The topological polar surface area (TPSA) is 92.7 Å². The Bertz CT molecular complexity index is 1140. The van der Waals surface area contributed by atoms with E-state index in [4.69, 9.17) is 4.74 Å². The van der Waals surface area contributed by atoms with Crippen molar-refractivity contribution in [3.63, 3.8) is 0 Å². The minimum absolute atomic E-state index is 0.0812. The zero-order valence-corrected chi connectivity index (χ0v) is 17.9. The Kier molecular flexibility index (Phi) is 6.39. The molecular weight excluding hydrogens is 408 g/mol. The lowest BCUT2D eigenvalue weighted by molar-refractivity contribution is -0.130. The lowest BCUT2D eigenvalue weighted by atomic mass is 10.1. The third kappa shape index (κ3) is 4.59. The molecule has 4 rings (SSSR count). The molecule has 8 nitrogen and oxygen atoms in total. The molecule has 1 aliphatic heterocycles. The van der Waals surface area contributed by atoms with E-state index in [9.17, 15) is 14.4 Å². The maximum absolute atomic E-state index is 12.7. The van der Waals surface area contributed by atoms with Gasteiger partial charge >= 0.3 is 6.03 Å². The van der Waals surface area contributed by atoms with E-state index in [2.05, 4.69) is 15.2 Å². The summed E-state index contributed by atoms with van der Waals surface area (Å²) in [7, 11) is 1.58. The molecule has 0 unspecified atom stereocenters. The Hall–Kier alpha value is -3.81. The van der Waals surface area contributed by atoms with E-state index in [0.717, 1.165) is 21.4 Å². The van der Waals surface area contributed by atoms with Gasteiger partial charge < -0.3 is 19.9 Å². The average Bonchev–Trinajstić information content (AvgIpc) is 3.33. The van der Waals surface area contributed by atoms with Gasteiger partial charge in [0.15, 0.2) is 0 Å². The van der Waals surface area contributed by atoms with Gasteiger partial charge in [-0.15, -0.1) is 0 Å². The van der Waals surface area contributed by atoms with Gasteiger partial charge in [-0.05, 0) is 35.6 Å². The highest BCUT2D eigenvalue weighted by Gasteiger charge is 2.38. The second-order valence-electron chi connectivity index (χ2n) is 7.68. The Balaban J connectivity index is 1.26. The van der Waals surface area contributed by atoms with Crippen molar-refractivity contribution in [2.24, 2.45) is 0 Å². The van der Waals surface area contributed by atoms with Crippen molar-refractivity contribution in [2.75, 3.05) is 20.2 Å². The zero-order valence-electron chi connectivity index (χ0n) is 17.9. The number of hydrogen-bond donors (Lipinski definition) is 2. The minimum Gasteiger partial charge on any atom is -0.496 e. The number of ether oxygens (including phenoxy) is 1. The molecule has 2 heterocycles. The van der Waals surface area contributed by atoms with Gasteiger partial charge in [-0.25, -0.2) is 4.79 Å². The van der Waals surface area contributed by atoms with Crippen LogP contribution in [0.3, 0.4) is 0 Å². The summed E-state index contributed by atoms with van der Waals surface area (Å²) in [6, 6.07) is 16.2. The van der Waals surface area contributed by atoms with Crippen molar-refractivity contribution in [2.45, 2.75) is 25.4 Å². The number of hydrogen-bond acceptors (Lipinski definition) is 4. The fraction of sp³-hybridized carbons (Fsp3) is 0.292. The molecule has 2 N–H and O–H groups in total. The van der Waals surface area contributed by atoms with Crippen LogP contribution in [-0.2, 0) is 22.6 Å². The number of methoxy groups -OCH3 is 1. The molecule has 0 spiro atoms. The number of imide groups is 1. The third-order valence-corrected chi connectivity index (χ3v) is 5.65. The van der Waals surface area contributed by atoms with Crippen LogP contribution >= 0.6 is 0 Å². The van der Waals surface area contributed by atoms with Crippen molar-refractivity contribution in [1.82, 2.24) is 20.1 Å². The Morgan fingerprint density at radius 3 is 2.69 bits per heavy atom. The van der Waals surface area contributed by atoms with Crippen molar-refractivity contribution in [3.8, 4) is 5.75 Å². The van der Waals surface area contributed by atoms with Crippen LogP contribution in [0, 0.1) is 0 Å². The summed E-state index contributed by atoms with van der Waals surface area (Å²) < 4.78 is 7.38. The van der Waals surface area contributed by atoms with Crippen LogP contribution in [0.25, 0.3) is 10.9 Å². The van der Waals surface area contributed by atoms with E-state index in [1.165, 1.54) is 0 Å². The number of rotatable bonds is 9.